The number of ether oxygens (including phenoxy) is 1. The Morgan fingerprint density at radius 2 is 1.81 bits per heavy atom. The zero-order valence-corrected chi connectivity index (χ0v) is 23.5. The molecule has 1 amide bonds. The molecule has 194 valence electrons. The average molecular weight is 534 g/mol. The van der Waals surface area contributed by atoms with Gasteiger partial charge >= 0.3 is 0 Å². The number of thioether (sulfide) groups is 1. The highest BCUT2D eigenvalue weighted by atomic mass is 32.2. The fraction of sp³-hybridized carbons (Fsp3) is 0.367. The van der Waals surface area contributed by atoms with Gasteiger partial charge in [0.05, 0.1) is 22.9 Å². The van der Waals surface area contributed by atoms with Gasteiger partial charge in [-0.3, -0.25) is 9.69 Å². The van der Waals surface area contributed by atoms with Gasteiger partial charge in [0.25, 0.3) is 5.91 Å². The molecule has 0 spiro atoms. The molecule has 5 nitrogen and oxygen atoms in total. The van der Waals surface area contributed by atoms with E-state index in [0.717, 1.165) is 53.9 Å². The van der Waals surface area contributed by atoms with E-state index in [0.29, 0.717) is 28.3 Å². The van der Waals surface area contributed by atoms with Crippen LogP contribution in [0.15, 0.2) is 65.7 Å². The van der Waals surface area contributed by atoms with Crippen LogP contribution in [0.1, 0.15) is 58.4 Å². The quantitative estimate of drug-likeness (QED) is 0.176. The number of benzene rings is 2. The predicted octanol–water partition coefficient (Wildman–Crippen LogP) is 7.75. The van der Waals surface area contributed by atoms with Crippen LogP contribution in [0.25, 0.3) is 23.0 Å². The molecule has 1 aliphatic heterocycles. The second kappa shape index (κ2) is 13.1. The molecule has 7 heteroatoms. The Labute approximate surface area is 229 Å². The minimum atomic E-state index is -0.00771. The molecule has 1 fully saturated rings. The van der Waals surface area contributed by atoms with E-state index in [1.165, 1.54) is 18.2 Å². The maximum Gasteiger partial charge on any atom is 0.266 e. The molecule has 0 radical (unpaired) electrons. The zero-order valence-electron chi connectivity index (χ0n) is 21.9. The van der Waals surface area contributed by atoms with Gasteiger partial charge in [-0.25, -0.2) is 4.68 Å². The van der Waals surface area contributed by atoms with Gasteiger partial charge in [0, 0.05) is 23.9 Å². The summed E-state index contributed by atoms with van der Waals surface area (Å²) >= 11 is 7.02. The lowest BCUT2D eigenvalue weighted by atomic mass is 9.99. The summed E-state index contributed by atoms with van der Waals surface area (Å²) in [5.74, 6) is 1.29. The lowest BCUT2D eigenvalue weighted by Crippen LogP contribution is -2.33. The Morgan fingerprint density at radius 1 is 1.05 bits per heavy atom. The summed E-state index contributed by atoms with van der Waals surface area (Å²) in [6.07, 6.45) is 9.38. The van der Waals surface area contributed by atoms with Crippen LogP contribution in [0.5, 0.6) is 5.75 Å². The number of amides is 1. The molecule has 37 heavy (non-hydrogen) atoms. The number of hydrogen-bond donors (Lipinski definition) is 0. The topological polar surface area (TPSA) is 47.4 Å². The molecule has 1 aliphatic rings. The lowest BCUT2D eigenvalue weighted by Gasteiger charge is -2.21. The number of para-hydroxylation sites is 1. The molecular formula is C30H35N3O2S2. The van der Waals surface area contributed by atoms with E-state index < -0.39 is 0 Å². The van der Waals surface area contributed by atoms with E-state index in [9.17, 15) is 4.79 Å². The summed E-state index contributed by atoms with van der Waals surface area (Å²) in [7, 11) is 0. The third-order valence-electron chi connectivity index (χ3n) is 6.51. The number of hydrogen-bond acceptors (Lipinski definition) is 5. The van der Waals surface area contributed by atoms with E-state index in [-0.39, 0.29) is 5.91 Å². The standard InChI is InChI=1S/C30H35N3O2S2/c1-4-7-11-22(6-3)20-32-29(34)27(37-30(32)36)19-24-21-33(25-12-9-8-10-13-25)31-28(24)23-14-16-26(17-15-23)35-18-5-2/h8-10,12-17,19,21-22H,4-7,11,18,20H2,1-3H3. The van der Waals surface area contributed by atoms with Gasteiger partial charge in [0.15, 0.2) is 0 Å². The molecular weight excluding hydrogens is 498 g/mol. The van der Waals surface area contributed by atoms with E-state index >= 15 is 0 Å². The van der Waals surface area contributed by atoms with Gasteiger partial charge in [-0.1, -0.05) is 82.2 Å². The highest BCUT2D eigenvalue weighted by Crippen LogP contribution is 2.36. The van der Waals surface area contributed by atoms with Crippen LogP contribution in [-0.4, -0.2) is 38.1 Å². The molecule has 2 aromatic carbocycles. The molecule has 0 bridgehead atoms. The van der Waals surface area contributed by atoms with Crippen molar-refractivity contribution < 1.29 is 9.53 Å². The van der Waals surface area contributed by atoms with E-state index in [1.54, 1.807) is 4.90 Å². The van der Waals surface area contributed by atoms with Gasteiger partial charge in [-0.2, -0.15) is 5.10 Å². The zero-order chi connectivity index (χ0) is 26.2. The number of rotatable bonds is 12. The number of aromatic nitrogens is 2. The largest absolute Gasteiger partial charge is 0.494 e. The molecule has 4 rings (SSSR count). The molecule has 1 unspecified atom stereocenters. The van der Waals surface area contributed by atoms with Crippen molar-refractivity contribution in [2.24, 2.45) is 5.92 Å². The van der Waals surface area contributed by atoms with Crippen molar-refractivity contribution in [3.8, 4) is 22.7 Å². The van der Waals surface area contributed by atoms with Gasteiger partial charge in [-0.15, -0.1) is 0 Å². The number of carbonyl (C=O) groups is 1. The summed E-state index contributed by atoms with van der Waals surface area (Å²) in [4.78, 5) is 15.9. The first-order valence-electron chi connectivity index (χ1n) is 13.2. The third-order valence-corrected chi connectivity index (χ3v) is 7.89. The number of nitrogens with zero attached hydrogens (tertiary/aromatic N) is 3. The number of carbonyl (C=O) groups excluding carboxylic acids is 1. The van der Waals surface area contributed by atoms with Crippen molar-refractivity contribution in [2.45, 2.75) is 52.9 Å². The Bertz CT molecular complexity index is 1240. The van der Waals surface area contributed by atoms with Gasteiger partial charge in [0.1, 0.15) is 10.1 Å². The normalized spacial score (nSPS) is 15.5. The summed E-state index contributed by atoms with van der Waals surface area (Å²) in [6, 6.07) is 18.0. The molecule has 2 heterocycles. The van der Waals surface area contributed by atoms with E-state index in [4.69, 9.17) is 22.1 Å². The molecule has 0 aliphatic carbocycles. The fourth-order valence-electron chi connectivity index (χ4n) is 4.33. The first kappa shape index (κ1) is 27.1. The van der Waals surface area contributed by atoms with Crippen molar-refractivity contribution in [3.05, 3.63) is 71.3 Å². The van der Waals surface area contributed by atoms with Crippen molar-refractivity contribution in [2.75, 3.05) is 13.2 Å². The minimum Gasteiger partial charge on any atom is -0.494 e. The molecule has 1 aromatic heterocycles. The highest BCUT2D eigenvalue weighted by molar-refractivity contribution is 8.26. The highest BCUT2D eigenvalue weighted by Gasteiger charge is 2.33. The maximum absolute atomic E-state index is 13.4. The second-order valence-corrected chi connectivity index (χ2v) is 11.0. The van der Waals surface area contributed by atoms with Gasteiger partial charge in [-0.05, 0) is 61.2 Å². The first-order valence-corrected chi connectivity index (χ1v) is 14.4. The van der Waals surface area contributed by atoms with Crippen LogP contribution >= 0.6 is 24.0 Å². The molecule has 0 saturated carbocycles. The molecule has 3 aromatic rings. The Kier molecular flexibility index (Phi) is 9.58. The van der Waals surface area contributed by atoms with Crippen LogP contribution in [-0.2, 0) is 4.79 Å². The number of unbranched alkanes of at least 4 members (excludes halogenated alkanes) is 1. The van der Waals surface area contributed by atoms with Crippen molar-refractivity contribution >= 4 is 40.3 Å². The SMILES string of the molecule is CCCCC(CC)CN1C(=O)C(=Cc2cn(-c3ccccc3)nc2-c2ccc(OCCC)cc2)SC1=S. The van der Waals surface area contributed by atoms with Gasteiger partial charge in [0.2, 0.25) is 0 Å². The Morgan fingerprint density at radius 3 is 2.49 bits per heavy atom. The minimum absolute atomic E-state index is 0.00771. The smallest absolute Gasteiger partial charge is 0.266 e. The summed E-state index contributed by atoms with van der Waals surface area (Å²) in [5, 5.41) is 4.91. The molecule has 1 atom stereocenters. The Balaban J connectivity index is 1.65. The van der Waals surface area contributed by atoms with Crippen molar-refractivity contribution in [3.63, 3.8) is 0 Å². The molecule has 0 N–H and O–H groups in total. The fourth-order valence-corrected chi connectivity index (χ4v) is 5.60. The predicted molar refractivity (Wildman–Crippen MR) is 158 cm³/mol. The lowest BCUT2D eigenvalue weighted by molar-refractivity contribution is -0.122. The van der Waals surface area contributed by atoms with Crippen LogP contribution in [0.2, 0.25) is 0 Å². The van der Waals surface area contributed by atoms with E-state index in [2.05, 4.69) is 20.8 Å². The first-order chi connectivity index (χ1) is 18.0. The summed E-state index contributed by atoms with van der Waals surface area (Å²) in [5.41, 5.74) is 3.61. The van der Waals surface area contributed by atoms with Crippen LogP contribution in [0, 0.1) is 5.92 Å². The Hall–Kier alpha value is -2.90. The van der Waals surface area contributed by atoms with Crippen LogP contribution in [0.4, 0.5) is 0 Å². The summed E-state index contributed by atoms with van der Waals surface area (Å²) in [6.45, 7) is 7.86. The van der Waals surface area contributed by atoms with Gasteiger partial charge < -0.3 is 4.74 Å². The molecule has 1 saturated heterocycles. The van der Waals surface area contributed by atoms with Crippen LogP contribution in [0.3, 0.4) is 0 Å². The average Bonchev–Trinajstić information content (AvgIpc) is 3.46. The summed E-state index contributed by atoms with van der Waals surface area (Å²) < 4.78 is 8.26. The van der Waals surface area contributed by atoms with Crippen LogP contribution < -0.4 is 4.74 Å². The third kappa shape index (κ3) is 6.70. The monoisotopic (exact) mass is 533 g/mol. The van der Waals surface area contributed by atoms with E-state index in [1.807, 2.05) is 71.6 Å². The number of thiocarbonyl (C=S) groups is 1. The maximum atomic E-state index is 13.4. The van der Waals surface area contributed by atoms with Crippen molar-refractivity contribution in [1.29, 1.82) is 0 Å². The second-order valence-electron chi connectivity index (χ2n) is 9.29. The van der Waals surface area contributed by atoms with Crippen molar-refractivity contribution in [1.82, 2.24) is 14.7 Å².